The van der Waals surface area contributed by atoms with Gasteiger partial charge in [-0.1, -0.05) is 17.7 Å². The van der Waals surface area contributed by atoms with Crippen LogP contribution in [0.15, 0.2) is 24.3 Å². The van der Waals surface area contributed by atoms with E-state index in [0.717, 1.165) is 5.56 Å². The molecule has 0 aliphatic carbocycles. The first kappa shape index (κ1) is 12.9. The van der Waals surface area contributed by atoms with Gasteiger partial charge < -0.3 is 10.6 Å². The molecule has 0 bridgehead atoms. The highest BCUT2D eigenvalue weighted by Gasteiger charge is 2.28. The van der Waals surface area contributed by atoms with Crippen LogP contribution >= 0.6 is 0 Å². The predicted molar refractivity (Wildman–Crippen MR) is 70.4 cm³/mol. The summed E-state index contributed by atoms with van der Waals surface area (Å²) >= 11 is 0. The number of carbonyl (C=O) groups excluding carboxylic acids is 1. The Labute approximate surface area is 107 Å². The Morgan fingerprint density at radius 3 is 2.50 bits per heavy atom. The van der Waals surface area contributed by atoms with Crippen LogP contribution in [-0.2, 0) is 9.84 Å². The molecule has 98 valence electrons. The molecule has 0 unspecified atom stereocenters. The van der Waals surface area contributed by atoms with E-state index < -0.39 is 9.84 Å². The molecule has 2 amide bonds. The lowest BCUT2D eigenvalue weighted by molar-refractivity contribution is 0.249. The van der Waals surface area contributed by atoms with Crippen LogP contribution in [-0.4, -0.2) is 32.0 Å². The zero-order valence-corrected chi connectivity index (χ0v) is 11.0. The molecule has 2 rings (SSSR count). The zero-order valence-electron chi connectivity index (χ0n) is 10.1. The normalized spacial score (nSPS) is 21.5. The summed E-state index contributed by atoms with van der Waals surface area (Å²) in [6, 6.07) is 6.77. The van der Waals surface area contributed by atoms with E-state index >= 15 is 0 Å². The molecule has 0 saturated carbocycles. The quantitative estimate of drug-likeness (QED) is 0.849. The Morgan fingerprint density at radius 2 is 1.94 bits per heavy atom. The highest BCUT2D eigenvalue weighted by molar-refractivity contribution is 7.91. The summed E-state index contributed by atoms with van der Waals surface area (Å²) in [4.78, 5) is 11.6. The molecule has 5 nitrogen and oxygen atoms in total. The number of hydrogen-bond donors (Lipinski definition) is 2. The first-order valence-electron chi connectivity index (χ1n) is 5.79. The lowest BCUT2D eigenvalue weighted by atomic mass is 10.2. The van der Waals surface area contributed by atoms with Crippen LogP contribution in [0.5, 0.6) is 0 Å². The van der Waals surface area contributed by atoms with Gasteiger partial charge in [0.1, 0.15) is 0 Å². The van der Waals surface area contributed by atoms with E-state index in [1.807, 2.05) is 19.1 Å². The molecule has 0 aromatic heterocycles. The third-order valence-corrected chi connectivity index (χ3v) is 4.65. The highest BCUT2D eigenvalue weighted by atomic mass is 32.2. The Morgan fingerprint density at radius 1 is 1.28 bits per heavy atom. The van der Waals surface area contributed by atoms with Gasteiger partial charge in [0.05, 0.1) is 11.5 Å². The van der Waals surface area contributed by atoms with Crippen molar-refractivity contribution in [1.29, 1.82) is 0 Å². The molecule has 18 heavy (non-hydrogen) atoms. The van der Waals surface area contributed by atoms with Crippen LogP contribution < -0.4 is 10.6 Å². The number of nitrogens with one attached hydrogen (secondary N) is 2. The van der Waals surface area contributed by atoms with Crippen LogP contribution in [0.25, 0.3) is 0 Å². The number of rotatable bonds is 2. The van der Waals surface area contributed by atoms with E-state index in [-0.39, 0.29) is 23.6 Å². The fourth-order valence-electron chi connectivity index (χ4n) is 1.90. The molecule has 0 spiro atoms. The summed E-state index contributed by atoms with van der Waals surface area (Å²) < 4.78 is 22.5. The molecule has 1 saturated heterocycles. The zero-order chi connectivity index (χ0) is 13.2. The predicted octanol–water partition coefficient (Wildman–Crippen LogP) is 1.30. The van der Waals surface area contributed by atoms with Gasteiger partial charge in [0.25, 0.3) is 0 Å². The molecule has 1 aromatic rings. The fraction of sp³-hybridized carbons (Fsp3) is 0.417. The van der Waals surface area contributed by atoms with Crippen molar-refractivity contribution in [3.05, 3.63) is 29.8 Å². The molecule has 0 radical (unpaired) electrons. The van der Waals surface area contributed by atoms with Crippen molar-refractivity contribution in [2.75, 3.05) is 16.8 Å². The van der Waals surface area contributed by atoms with Gasteiger partial charge in [-0.3, -0.25) is 0 Å². The minimum Gasteiger partial charge on any atom is -0.334 e. The second-order valence-corrected chi connectivity index (χ2v) is 6.79. The van der Waals surface area contributed by atoms with Crippen LogP contribution in [0, 0.1) is 6.92 Å². The van der Waals surface area contributed by atoms with Crippen molar-refractivity contribution >= 4 is 21.6 Å². The van der Waals surface area contributed by atoms with Gasteiger partial charge >= 0.3 is 6.03 Å². The molecule has 1 aliphatic rings. The minimum atomic E-state index is -2.96. The second kappa shape index (κ2) is 4.97. The maximum absolute atomic E-state index is 11.6. The smallest absolute Gasteiger partial charge is 0.319 e. The Hall–Kier alpha value is -1.56. The maximum atomic E-state index is 11.6. The summed E-state index contributed by atoms with van der Waals surface area (Å²) in [6.07, 6.45) is 0.490. The molecular formula is C12H16N2O3S. The van der Waals surface area contributed by atoms with Crippen molar-refractivity contribution in [3.8, 4) is 0 Å². The Balaban J connectivity index is 1.88. The SMILES string of the molecule is Cc1ccc(NC(=O)N[C@@H]2CCS(=O)(=O)C2)cc1. The number of aryl methyl sites for hydroxylation is 1. The molecule has 1 aromatic carbocycles. The third-order valence-electron chi connectivity index (χ3n) is 2.88. The molecule has 1 atom stereocenters. The van der Waals surface area contributed by atoms with Gasteiger partial charge in [-0.15, -0.1) is 0 Å². The van der Waals surface area contributed by atoms with E-state index in [2.05, 4.69) is 10.6 Å². The average molecular weight is 268 g/mol. The summed E-state index contributed by atoms with van der Waals surface area (Å²) in [6.45, 7) is 1.97. The number of anilines is 1. The monoisotopic (exact) mass is 268 g/mol. The summed E-state index contributed by atoms with van der Waals surface area (Å²) in [5, 5.41) is 5.35. The molecule has 2 N–H and O–H groups in total. The average Bonchev–Trinajstić information content (AvgIpc) is 2.61. The first-order valence-corrected chi connectivity index (χ1v) is 7.61. The summed E-state index contributed by atoms with van der Waals surface area (Å²) in [5.41, 5.74) is 1.81. The molecule has 1 fully saturated rings. The second-order valence-electron chi connectivity index (χ2n) is 4.56. The largest absolute Gasteiger partial charge is 0.334 e. The Kier molecular flexibility index (Phi) is 3.56. The number of sulfone groups is 1. The van der Waals surface area contributed by atoms with Crippen LogP contribution in [0.4, 0.5) is 10.5 Å². The maximum Gasteiger partial charge on any atom is 0.319 e. The lowest BCUT2D eigenvalue weighted by Crippen LogP contribution is -2.38. The topological polar surface area (TPSA) is 75.3 Å². The van der Waals surface area contributed by atoms with Crippen molar-refractivity contribution in [2.24, 2.45) is 0 Å². The summed E-state index contributed by atoms with van der Waals surface area (Å²) in [7, 11) is -2.96. The van der Waals surface area contributed by atoms with Crippen molar-refractivity contribution < 1.29 is 13.2 Å². The van der Waals surface area contributed by atoms with E-state index in [0.29, 0.717) is 12.1 Å². The van der Waals surface area contributed by atoms with E-state index in [1.54, 1.807) is 12.1 Å². The van der Waals surface area contributed by atoms with E-state index in [9.17, 15) is 13.2 Å². The van der Waals surface area contributed by atoms with Crippen molar-refractivity contribution in [1.82, 2.24) is 5.32 Å². The first-order chi connectivity index (χ1) is 8.44. The lowest BCUT2D eigenvalue weighted by Gasteiger charge is -2.12. The number of benzene rings is 1. The number of hydrogen-bond acceptors (Lipinski definition) is 3. The van der Waals surface area contributed by atoms with Crippen LogP contribution in [0.2, 0.25) is 0 Å². The molecule has 6 heteroatoms. The molecule has 1 heterocycles. The van der Waals surface area contributed by atoms with Gasteiger partial charge in [-0.2, -0.15) is 0 Å². The van der Waals surface area contributed by atoms with Crippen molar-refractivity contribution in [3.63, 3.8) is 0 Å². The van der Waals surface area contributed by atoms with Crippen molar-refractivity contribution in [2.45, 2.75) is 19.4 Å². The standard InChI is InChI=1S/C12H16N2O3S/c1-9-2-4-10(5-3-9)13-12(15)14-11-6-7-18(16,17)8-11/h2-5,11H,6-8H2,1H3,(H2,13,14,15)/t11-/m1/s1. The van der Waals surface area contributed by atoms with Gasteiger partial charge in [0, 0.05) is 11.7 Å². The number of amides is 2. The highest BCUT2D eigenvalue weighted by Crippen LogP contribution is 2.12. The Bertz CT molecular complexity index is 537. The fourth-order valence-corrected chi connectivity index (χ4v) is 3.57. The van der Waals surface area contributed by atoms with Gasteiger partial charge in [0.2, 0.25) is 0 Å². The van der Waals surface area contributed by atoms with E-state index in [1.165, 1.54) is 0 Å². The number of urea groups is 1. The van der Waals surface area contributed by atoms with Gasteiger partial charge in [-0.25, -0.2) is 13.2 Å². The van der Waals surface area contributed by atoms with Crippen LogP contribution in [0.1, 0.15) is 12.0 Å². The van der Waals surface area contributed by atoms with Gasteiger partial charge in [-0.05, 0) is 25.5 Å². The number of carbonyl (C=O) groups is 1. The minimum absolute atomic E-state index is 0.0360. The van der Waals surface area contributed by atoms with E-state index in [4.69, 9.17) is 0 Å². The summed E-state index contributed by atoms with van der Waals surface area (Å²) in [5.74, 6) is 0.191. The van der Waals surface area contributed by atoms with Gasteiger partial charge in [0.15, 0.2) is 9.84 Å². The molecular weight excluding hydrogens is 252 g/mol. The third kappa shape index (κ3) is 3.46. The van der Waals surface area contributed by atoms with Crippen LogP contribution in [0.3, 0.4) is 0 Å². The molecule has 1 aliphatic heterocycles.